The summed E-state index contributed by atoms with van der Waals surface area (Å²) in [5.41, 5.74) is 7.19. The lowest BCUT2D eigenvalue weighted by atomic mass is 10.1. The number of aryl methyl sites for hydroxylation is 1. The fourth-order valence-electron chi connectivity index (χ4n) is 1.73. The molecule has 2 aromatic rings. The molecule has 0 radical (unpaired) electrons. The third-order valence-electron chi connectivity index (χ3n) is 2.69. The molecule has 0 unspecified atom stereocenters. The predicted octanol–water partition coefficient (Wildman–Crippen LogP) is 3.08. The Morgan fingerprint density at radius 2 is 1.84 bits per heavy atom. The Bertz CT molecular complexity index is 609. The highest BCUT2D eigenvalue weighted by Gasteiger charge is 2.08. The van der Waals surface area contributed by atoms with Crippen LogP contribution in [0.4, 0.5) is 0 Å². The number of hydrogen-bond acceptors (Lipinski definition) is 3. The van der Waals surface area contributed by atoms with Crippen LogP contribution in [0.5, 0.6) is 17.2 Å². The molecule has 4 heteroatoms. The van der Waals surface area contributed by atoms with Crippen LogP contribution in [0.25, 0.3) is 0 Å². The topological polar surface area (TPSA) is 68.3 Å². The van der Waals surface area contributed by atoms with Crippen molar-refractivity contribution in [3.63, 3.8) is 0 Å². The van der Waals surface area contributed by atoms with Crippen LogP contribution in [0, 0.1) is 12.3 Å². The molecule has 0 aliphatic carbocycles. The first-order chi connectivity index (χ1) is 9.10. The van der Waals surface area contributed by atoms with Gasteiger partial charge in [0.25, 0.3) is 0 Å². The van der Waals surface area contributed by atoms with Gasteiger partial charge < -0.3 is 15.2 Å². The summed E-state index contributed by atoms with van der Waals surface area (Å²) in [5, 5.41) is 7.59. The van der Waals surface area contributed by atoms with Crippen LogP contribution in [0.1, 0.15) is 11.1 Å². The molecule has 2 rings (SSSR count). The van der Waals surface area contributed by atoms with E-state index in [9.17, 15) is 0 Å². The van der Waals surface area contributed by atoms with Gasteiger partial charge in [-0.05, 0) is 31.2 Å². The molecular formula is C15H16N2O2. The molecule has 0 heterocycles. The lowest BCUT2D eigenvalue weighted by Crippen LogP contribution is -2.12. The minimum absolute atomic E-state index is 0.0124. The number of methoxy groups -OCH3 is 1. The first-order valence-electron chi connectivity index (χ1n) is 5.87. The quantitative estimate of drug-likeness (QED) is 0.652. The average Bonchev–Trinajstić information content (AvgIpc) is 2.41. The van der Waals surface area contributed by atoms with Crippen molar-refractivity contribution in [3.8, 4) is 17.2 Å². The van der Waals surface area contributed by atoms with E-state index in [1.807, 2.05) is 43.3 Å². The van der Waals surface area contributed by atoms with Gasteiger partial charge in [-0.1, -0.05) is 17.7 Å². The van der Waals surface area contributed by atoms with E-state index in [0.29, 0.717) is 22.8 Å². The van der Waals surface area contributed by atoms with Crippen LogP contribution in [0.2, 0.25) is 0 Å². The second kappa shape index (κ2) is 5.44. The normalized spacial score (nSPS) is 10.0. The molecule has 3 N–H and O–H groups in total. The first-order valence-corrected chi connectivity index (χ1v) is 5.87. The van der Waals surface area contributed by atoms with Crippen LogP contribution >= 0.6 is 0 Å². The van der Waals surface area contributed by atoms with Crippen molar-refractivity contribution in [1.82, 2.24) is 0 Å². The number of rotatable bonds is 4. The molecule has 19 heavy (non-hydrogen) atoms. The molecule has 0 amide bonds. The fourth-order valence-corrected chi connectivity index (χ4v) is 1.73. The Balaban J connectivity index is 2.34. The van der Waals surface area contributed by atoms with Crippen molar-refractivity contribution in [2.75, 3.05) is 7.11 Å². The standard InChI is InChI=1S/C15H16N2O2/c1-10-6-7-14(13(8-10)15(16)17)19-12-5-3-4-11(9-12)18-2/h3-9H,1-2H3,(H3,16,17). The smallest absolute Gasteiger partial charge is 0.138 e. The molecule has 0 saturated carbocycles. The van der Waals surface area contributed by atoms with E-state index >= 15 is 0 Å². The van der Waals surface area contributed by atoms with Crippen molar-refractivity contribution in [2.45, 2.75) is 6.92 Å². The molecule has 0 fully saturated rings. The highest BCUT2D eigenvalue weighted by atomic mass is 16.5. The second-order valence-corrected chi connectivity index (χ2v) is 4.19. The minimum Gasteiger partial charge on any atom is -0.497 e. The van der Waals surface area contributed by atoms with Crippen LogP contribution in [0.3, 0.4) is 0 Å². The van der Waals surface area contributed by atoms with Gasteiger partial charge in [-0.3, -0.25) is 5.41 Å². The minimum atomic E-state index is -0.0124. The molecule has 2 aromatic carbocycles. The maximum atomic E-state index is 7.59. The summed E-state index contributed by atoms with van der Waals surface area (Å²) in [5.74, 6) is 1.91. The third kappa shape index (κ3) is 3.04. The SMILES string of the molecule is COc1cccc(Oc2ccc(C)cc2C(=N)N)c1. The van der Waals surface area contributed by atoms with E-state index < -0.39 is 0 Å². The second-order valence-electron chi connectivity index (χ2n) is 4.19. The van der Waals surface area contributed by atoms with E-state index in [4.69, 9.17) is 20.6 Å². The van der Waals surface area contributed by atoms with Gasteiger partial charge in [-0.2, -0.15) is 0 Å². The van der Waals surface area contributed by atoms with Crippen molar-refractivity contribution >= 4 is 5.84 Å². The molecule has 0 bridgehead atoms. The van der Waals surface area contributed by atoms with Crippen molar-refractivity contribution in [1.29, 1.82) is 5.41 Å². The molecule has 98 valence electrons. The number of ether oxygens (including phenoxy) is 2. The Morgan fingerprint density at radius 3 is 2.53 bits per heavy atom. The van der Waals surface area contributed by atoms with E-state index in [-0.39, 0.29) is 5.84 Å². The summed E-state index contributed by atoms with van der Waals surface area (Å²) in [7, 11) is 1.60. The van der Waals surface area contributed by atoms with Crippen LogP contribution in [-0.2, 0) is 0 Å². The van der Waals surface area contributed by atoms with E-state index in [1.165, 1.54) is 0 Å². The third-order valence-corrected chi connectivity index (χ3v) is 2.69. The van der Waals surface area contributed by atoms with E-state index in [1.54, 1.807) is 13.2 Å². The fraction of sp³-hybridized carbons (Fsp3) is 0.133. The Kier molecular flexibility index (Phi) is 3.71. The van der Waals surface area contributed by atoms with Gasteiger partial charge in [0.15, 0.2) is 0 Å². The summed E-state index contributed by atoms with van der Waals surface area (Å²) in [6.07, 6.45) is 0. The number of hydrogen-bond donors (Lipinski definition) is 2. The molecule has 0 aliphatic heterocycles. The average molecular weight is 256 g/mol. The monoisotopic (exact) mass is 256 g/mol. The van der Waals surface area contributed by atoms with Crippen molar-refractivity contribution in [2.24, 2.45) is 5.73 Å². The molecule has 0 atom stereocenters. The number of nitrogen functional groups attached to an aromatic ring is 1. The highest BCUT2D eigenvalue weighted by Crippen LogP contribution is 2.28. The highest BCUT2D eigenvalue weighted by molar-refractivity contribution is 5.97. The summed E-state index contributed by atoms with van der Waals surface area (Å²) in [4.78, 5) is 0. The number of nitrogens with two attached hydrogens (primary N) is 1. The van der Waals surface area contributed by atoms with Crippen LogP contribution in [0.15, 0.2) is 42.5 Å². The van der Waals surface area contributed by atoms with Crippen molar-refractivity contribution < 1.29 is 9.47 Å². The molecular weight excluding hydrogens is 240 g/mol. The summed E-state index contributed by atoms with van der Waals surface area (Å²) in [6.45, 7) is 1.95. The Morgan fingerprint density at radius 1 is 1.11 bits per heavy atom. The number of amidine groups is 1. The summed E-state index contributed by atoms with van der Waals surface area (Å²) < 4.78 is 10.9. The first kappa shape index (κ1) is 13.0. The van der Waals surface area contributed by atoms with Gasteiger partial charge >= 0.3 is 0 Å². The molecule has 0 aromatic heterocycles. The van der Waals surface area contributed by atoms with Gasteiger partial charge in [0.05, 0.1) is 12.7 Å². The van der Waals surface area contributed by atoms with Gasteiger partial charge in [-0.15, -0.1) is 0 Å². The van der Waals surface area contributed by atoms with Gasteiger partial charge in [0.1, 0.15) is 23.1 Å². The van der Waals surface area contributed by atoms with Crippen LogP contribution in [-0.4, -0.2) is 12.9 Å². The van der Waals surface area contributed by atoms with Crippen molar-refractivity contribution in [3.05, 3.63) is 53.6 Å². The zero-order valence-corrected chi connectivity index (χ0v) is 10.9. The van der Waals surface area contributed by atoms with Crippen LogP contribution < -0.4 is 15.2 Å². The maximum Gasteiger partial charge on any atom is 0.138 e. The van der Waals surface area contributed by atoms with Gasteiger partial charge in [0.2, 0.25) is 0 Å². The number of benzene rings is 2. The zero-order valence-electron chi connectivity index (χ0n) is 10.9. The Hall–Kier alpha value is -2.49. The molecule has 0 saturated heterocycles. The molecule has 0 spiro atoms. The van der Waals surface area contributed by atoms with Gasteiger partial charge in [0, 0.05) is 6.07 Å². The van der Waals surface area contributed by atoms with E-state index in [0.717, 1.165) is 5.56 Å². The number of nitrogens with one attached hydrogen (secondary N) is 1. The molecule has 0 aliphatic rings. The molecule has 4 nitrogen and oxygen atoms in total. The lowest BCUT2D eigenvalue weighted by Gasteiger charge is -2.11. The Labute approximate surface area is 112 Å². The zero-order chi connectivity index (χ0) is 13.8. The lowest BCUT2D eigenvalue weighted by molar-refractivity contribution is 0.409. The largest absolute Gasteiger partial charge is 0.497 e. The van der Waals surface area contributed by atoms with E-state index in [2.05, 4.69) is 0 Å². The summed E-state index contributed by atoms with van der Waals surface area (Å²) in [6, 6.07) is 12.9. The maximum absolute atomic E-state index is 7.59. The summed E-state index contributed by atoms with van der Waals surface area (Å²) >= 11 is 0. The van der Waals surface area contributed by atoms with Gasteiger partial charge in [-0.25, -0.2) is 0 Å². The predicted molar refractivity (Wildman–Crippen MR) is 75.3 cm³/mol.